The van der Waals surface area contributed by atoms with Crippen LogP contribution in [0, 0.1) is 0 Å². The van der Waals surface area contributed by atoms with Gasteiger partial charge in [0.1, 0.15) is 0 Å². The molecule has 116 valence electrons. The molecule has 0 bridgehead atoms. The molecule has 1 amide bonds. The predicted octanol–water partition coefficient (Wildman–Crippen LogP) is 1.21. The minimum atomic E-state index is -0.427. The van der Waals surface area contributed by atoms with Gasteiger partial charge in [0, 0.05) is 24.7 Å². The van der Waals surface area contributed by atoms with E-state index >= 15 is 0 Å². The normalized spacial score (nSPS) is 17.5. The summed E-state index contributed by atoms with van der Waals surface area (Å²) in [4.78, 5) is 23.3. The summed E-state index contributed by atoms with van der Waals surface area (Å²) >= 11 is 0. The SMILES string of the molecule is COC(=O)c1cccc(NC(=O)CC2COCCN2)c1.Cl. The molecule has 1 aromatic carbocycles. The first-order valence-corrected chi connectivity index (χ1v) is 6.48. The monoisotopic (exact) mass is 314 g/mol. The van der Waals surface area contributed by atoms with Gasteiger partial charge >= 0.3 is 5.97 Å². The Morgan fingerprint density at radius 1 is 1.48 bits per heavy atom. The van der Waals surface area contributed by atoms with Gasteiger partial charge in [0.25, 0.3) is 0 Å². The van der Waals surface area contributed by atoms with Crippen LogP contribution in [0.3, 0.4) is 0 Å². The van der Waals surface area contributed by atoms with Gasteiger partial charge in [-0.3, -0.25) is 4.79 Å². The van der Waals surface area contributed by atoms with Crippen LogP contribution in [0.25, 0.3) is 0 Å². The summed E-state index contributed by atoms with van der Waals surface area (Å²) in [6.07, 6.45) is 0.336. The average molecular weight is 315 g/mol. The van der Waals surface area contributed by atoms with E-state index in [2.05, 4.69) is 15.4 Å². The van der Waals surface area contributed by atoms with E-state index in [1.54, 1.807) is 24.3 Å². The smallest absolute Gasteiger partial charge is 0.337 e. The van der Waals surface area contributed by atoms with Crippen molar-refractivity contribution >= 4 is 30.0 Å². The molecule has 0 saturated carbocycles. The number of hydrogen-bond donors (Lipinski definition) is 2. The zero-order valence-electron chi connectivity index (χ0n) is 11.8. The fourth-order valence-corrected chi connectivity index (χ4v) is 2.03. The number of nitrogens with one attached hydrogen (secondary N) is 2. The van der Waals surface area contributed by atoms with Crippen LogP contribution in [0.1, 0.15) is 16.8 Å². The van der Waals surface area contributed by atoms with Gasteiger partial charge in [-0.25, -0.2) is 4.79 Å². The van der Waals surface area contributed by atoms with E-state index in [1.807, 2.05) is 0 Å². The summed E-state index contributed by atoms with van der Waals surface area (Å²) in [6.45, 7) is 1.98. The molecular formula is C14H19ClN2O4. The summed E-state index contributed by atoms with van der Waals surface area (Å²) < 4.78 is 9.93. The zero-order valence-corrected chi connectivity index (χ0v) is 12.6. The highest BCUT2D eigenvalue weighted by Gasteiger charge is 2.17. The molecular weight excluding hydrogens is 296 g/mol. The van der Waals surface area contributed by atoms with Crippen molar-refractivity contribution in [3.05, 3.63) is 29.8 Å². The third-order valence-corrected chi connectivity index (χ3v) is 3.00. The quantitative estimate of drug-likeness (QED) is 0.817. The van der Waals surface area contributed by atoms with E-state index in [4.69, 9.17) is 4.74 Å². The molecule has 1 saturated heterocycles. The highest BCUT2D eigenvalue weighted by Crippen LogP contribution is 2.12. The number of carbonyl (C=O) groups excluding carboxylic acids is 2. The van der Waals surface area contributed by atoms with Crippen LogP contribution in [0.15, 0.2) is 24.3 Å². The molecule has 1 unspecified atom stereocenters. The van der Waals surface area contributed by atoms with E-state index < -0.39 is 5.97 Å². The molecule has 1 aliphatic heterocycles. The first-order chi connectivity index (χ1) is 9.69. The van der Waals surface area contributed by atoms with Gasteiger partial charge in [0.2, 0.25) is 5.91 Å². The molecule has 1 atom stereocenters. The Bertz CT molecular complexity index is 490. The molecule has 1 heterocycles. The van der Waals surface area contributed by atoms with Crippen molar-refractivity contribution in [2.45, 2.75) is 12.5 Å². The number of esters is 1. The Kier molecular flexibility index (Phi) is 7.14. The molecule has 1 fully saturated rings. The Balaban J connectivity index is 0.00000220. The van der Waals surface area contributed by atoms with Gasteiger partial charge < -0.3 is 20.1 Å². The second kappa shape index (κ2) is 8.61. The fraction of sp³-hybridized carbons (Fsp3) is 0.429. The lowest BCUT2D eigenvalue weighted by Gasteiger charge is -2.23. The van der Waals surface area contributed by atoms with Gasteiger partial charge in [0.05, 0.1) is 25.9 Å². The summed E-state index contributed by atoms with van der Waals surface area (Å²) in [5, 5.41) is 5.98. The first kappa shape index (κ1) is 17.4. The van der Waals surface area contributed by atoms with E-state index in [9.17, 15) is 9.59 Å². The van der Waals surface area contributed by atoms with Gasteiger partial charge in [0.15, 0.2) is 0 Å². The third kappa shape index (κ3) is 5.34. The van der Waals surface area contributed by atoms with Gasteiger partial charge in [-0.05, 0) is 18.2 Å². The summed E-state index contributed by atoms with van der Waals surface area (Å²) in [5.41, 5.74) is 0.985. The highest BCUT2D eigenvalue weighted by molar-refractivity contribution is 5.94. The number of halogens is 1. The molecule has 0 aromatic heterocycles. The van der Waals surface area contributed by atoms with Crippen LogP contribution in [0.2, 0.25) is 0 Å². The summed E-state index contributed by atoms with van der Waals surface area (Å²) in [5.74, 6) is -0.543. The molecule has 0 spiro atoms. The standard InChI is InChI=1S/C14H18N2O4.ClH/c1-19-14(18)10-3-2-4-11(7-10)16-13(17)8-12-9-20-6-5-15-12;/h2-4,7,12,15H,5-6,8-9H2,1H3,(H,16,17);1H. The van der Waals surface area contributed by atoms with Crippen LogP contribution >= 0.6 is 12.4 Å². The number of ether oxygens (including phenoxy) is 2. The topological polar surface area (TPSA) is 76.7 Å². The van der Waals surface area contributed by atoms with E-state index in [0.717, 1.165) is 6.54 Å². The minimum absolute atomic E-state index is 0. The Morgan fingerprint density at radius 2 is 2.29 bits per heavy atom. The number of benzene rings is 1. The van der Waals surface area contributed by atoms with E-state index in [-0.39, 0.29) is 24.4 Å². The van der Waals surface area contributed by atoms with Crippen molar-refractivity contribution in [3.63, 3.8) is 0 Å². The molecule has 21 heavy (non-hydrogen) atoms. The Morgan fingerprint density at radius 3 is 2.95 bits per heavy atom. The van der Waals surface area contributed by atoms with Crippen molar-refractivity contribution in [2.24, 2.45) is 0 Å². The van der Waals surface area contributed by atoms with E-state index in [0.29, 0.717) is 30.9 Å². The molecule has 1 aromatic rings. The predicted molar refractivity (Wildman–Crippen MR) is 80.9 cm³/mol. The minimum Gasteiger partial charge on any atom is -0.465 e. The number of anilines is 1. The average Bonchev–Trinajstić information content (AvgIpc) is 2.47. The molecule has 2 rings (SSSR count). The molecule has 1 aliphatic rings. The Hall–Kier alpha value is -1.63. The first-order valence-electron chi connectivity index (χ1n) is 6.48. The molecule has 2 N–H and O–H groups in total. The second-order valence-electron chi connectivity index (χ2n) is 4.55. The van der Waals surface area contributed by atoms with Crippen LogP contribution in [-0.2, 0) is 14.3 Å². The third-order valence-electron chi connectivity index (χ3n) is 3.00. The highest BCUT2D eigenvalue weighted by atomic mass is 35.5. The number of amides is 1. The largest absolute Gasteiger partial charge is 0.465 e. The van der Waals surface area contributed by atoms with Crippen molar-refractivity contribution in [1.82, 2.24) is 5.32 Å². The second-order valence-corrected chi connectivity index (χ2v) is 4.55. The van der Waals surface area contributed by atoms with Gasteiger partial charge in [-0.1, -0.05) is 6.07 Å². The van der Waals surface area contributed by atoms with Gasteiger partial charge in [-0.15, -0.1) is 12.4 Å². The fourth-order valence-electron chi connectivity index (χ4n) is 2.03. The molecule has 7 heteroatoms. The molecule has 0 radical (unpaired) electrons. The number of methoxy groups -OCH3 is 1. The van der Waals surface area contributed by atoms with Crippen molar-refractivity contribution in [1.29, 1.82) is 0 Å². The van der Waals surface area contributed by atoms with Crippen molar-refractivity contribution < 1.29 is 19.1 Å². The molecule has 0 aliphatic carbocycles. The van der Waals surface area contributed by atoms with Crippen LogP contribution in [-0.4, -0.2) is 44.8 Å². The maximum atomic E-state index is 11.9. The number of morpholine rings is 1. The van der Waals surface area contributed by atoms with E-state index in [1.165, 1.54) is 7.11 Å². The van der Waals surface area contributed by atoms with Gasteiger partial charge in [-0.2, -0.15) is 0 Å². The van der Waals surface area contributed by atoms with Crippen LogP contribution < -0.4 is 10.6 Å². The number of hydrogen-bond acceptors (Lipinski definition) is 5. The summed E-state index contributed by atoms with van der Waals surface area (Å²) in [6, 6.07) is 6.69. The lowest BCUT2D eigenvalue weighted by Crippen LogP contribution is -2.43. The number of carbonyl (C=O) groups is 2. The van der Waals surface area contributed by atoms with Crippen LogP contribution in [0.4, 0.5) is 5.69 Å². The maximum Gasteiger partial charge on any atom is 0.337 e. The maximum absolute atomic E-state index is 11.9. The lowest BCUT2D eigenvalue weighted by molar-refractivity contribution is -0.117. The number of rotatable bonds is 4. The lowest BCUT2D eigenvalue weighted by atomic mass is 10.1. The zero-order chi connectivity index (χ0) is 14.4. The van der Waals surface area contributed by atoms with Crippen molar-refractivity contribution in [2.75, 3.05) is 32.2 Å². The van der Waals surface area contributed by atoms with Crippen LogP contribution in [0.5, 0.6) is 0 Å². The Labute approximate surface area is 129 Å². The molecule has 6 nitrogen and oxygen atoms in total. The van der Waals surface area contributed by atoms with Crippen molar-refractivity contribution in [3.8, 4) is 0 Å². The summed E-state index contributed by atoms with van der Waals surface area (Å²) in [7, 11) is 1.32.